The molecule has 1 N–H and O–H groups in total. The Morgan fingerprint density at radius 1 is 1.60 bits per heavy atom. The molecule has 0 radical (unpaired) electrons. The quantitative estimate of drug-likeness (QED) is 0.802. The van der Waals surface area contributed by atoms with E-state index in [-0.39, 0.29) is 12.2 Å². The fraction of sp³-hybridized carbons (Fsp3) is 0.455. The van der Waals surface area contributed by atoms with E-state index in [9.17, 15) is 9.59 Å². The molecule has 0 bridgehead atoms. The molecule has 2 rings (SSSR count). The standard InChI is InChI=1S/C11H12O4/c1-2-6-5-15-9-4-7(11(13)14)3-8(12)10(6)9/h5,7H,2-4H2,1H3,(H,13,14). The number of aliphatic carboxylic acids is 1. The molecule has 1 aromatic rings. The highest BCUT2D eigenvalue weighted by atomic mass is 16.4. The van der Waals surface area contributed by atoms with Gasteiger partial charge in [0, 0.05) is 18.4 Å². The van der Waals surface area contributed by atoms with Crippen molar-refractivity contribution in [3.05, 3.63) is 23.2 Å². The number of rotatable bonds is 2. The number of fused-ring (bicyclic) bond motifs is 1. The zero-order valence-corrected chi connectivity index (χ0v) is 8.45. The molecule has 80 valence electrons. The second-order valence-electron chi connectivity index (χ2n) is 3.78. The van der Waals surface area contributed by atoms with E-state index < -0.39 is 11.9 Å². The third-order valence-electron chi connectivity index (χ3n) is 2.82. The molecule has 1 heterocycles. The number of furan rings is 1. The maximum Gasteiger partial charge on any atom is 0.307 e. The lowest BCUT2D eigenvalue weighted by atomic mass is 9.85. The first-order valence-electron chi connectivity index (χ1n) is 4.98. The minimum absolute atomic E-state index is 0.0921. The number of carbonyl (C=O) groups excluding carboxylic acids is 1. The topological polar surface area (TPSA) is 67.5 Å². The van der Waals surface area contributed by atoms with E-state index in [1.165, 1.54) is 0 Å². The van der Waals surface area contributed by atoms with Crippen LogP contribution < -0.4 is 0 Å². The average molecular weight is 208 g/mol. The van der Waals surface area contributed by atoms with Crippen molar-refractivity contribution < 1.29 is 19.1 Å². The van der Waals surface area contributed by atoms with Gasteiger partial charge in [-0.1, -0.05) is 6.92 Å². The Morgan fingerprint density at radius 2 is 2.33 bits per heavy atom. The van der Waals surface area contributed by atoms with Crippen LogP contribution in [-0.2, 0) is 17.6 Å². The molecule has 0 saturated carbocycles. The maximum absolute atomic E-state index is 11.7. The van der Waals surface area contributed by atoms with Gasteiger partial charge in [-0.15, -0.1) is 0 Å². The normalized spacial score (nSPS) is 20.1. The second kappa shape index (κ2) is 3.53. The van der Waals surface area contributed by atoms with Gasteiger partial charge in [-0.25, -0.2) is 0 Å². The summed E-state index contributed by atoms with van der Waals surface area (Å²) in [6, 6.07) is 0. The van der Waals surface area contributed by atoms with Crippen molar-refractivity contribution in [2.75, 3.05) is 0 Å². The molecule has 1 aliphatic rings. The fourth-order valence-corrected chi connectivity index (χ4v) is 1.98. The predicted molar refractivity (Wildman–Crippen MR) is 51.9 cm³/mol. The summed E-state index contributed by atoms with van der Waals surface area (Å²) in [5, 5.41) is 8.85. The summed E-state index contributed by atoms with van der Waals surface area (Å²) in [4.78, 5) is 22.5. The molecule has 1 atom stereocenters. The maximum atomic E-state index is 11.7. The van der Waals surface area contributed by atoms with Gasteiger partial charge < -0.3 is 9.52 Å². The van der Waals surface area contributed by atoms with Gasteiger partial charge >= 0.3 is 5.97 Å². The summed E-state index contributed by atoms with van der Waals surface area (Å²) in [6.45, 7) is 1.95. The smallest absolute Gasteiger partial charge is 0.307 e. The number of ketones is 1. The molecule has 0 spiro atoms. The minimum Gasteiger partial charge on any atom is -0.481 e. The molecule has 0 aromatic carbocycles. The number of Topliss-reactive ketones (excluding diaryl/α,β-unsaturated/α-hetero) is 1. The molecule has 0 amide bonds. The van der Waals surface area contributed by atoms with Gasteiger partial charge in [0.2, 0.25) is 0 Å². The SMILES string of the molecule is CCc1coc2c1C(=O)CC(C(=O)O)C2. The van der Waals surface area contributed by atoms with Crippen LogP contribution in [0, 0.1) is 5.92 Å². The zero-order chi connectivity index (χ0) is 11.0. The van der Waals surface area contributed by atoms with Crippen LogP contribution in [-0.4, -0.2) is 16.9 Å². The molecule has 0 aliphatic heterocycles. The highest BCUT2D eigenvalue weighted by Gasteiger charge is 2.33. The Labute approximate surface area is 86.9 Å². The Bertz CT molecular complexity index is 416. The number of carboxylic acid groups (broad SMARTS) is 1. The van der Waals surface area contributed by atoms with Crippen LogP contribution >= 0.6 is 0 Å². The lowest BCUT2D eigenvalue weighted by Crippen LogP contribution is -2.25. The van der Waals surface area contributed by atoms with E-state index >= 15 is 0 Å². The van der Waals surface area contributed by atoms with Crippen LogP contribution in [0.2, 0.25) is 0 Å². The van der Waals surface area contributed by atoms with Gasteiger partial charge in [0.05, 0.1) is 17.7 Å². The first-order chi connectivity index (χ1) is 7.13. The summed E-state index contributed by atoms with van der Waals surface area (Å²) < 4.78 is 5.24. The third-order valence-corrected chi connectivity index (χ3v) is 2.82. The number of aryl methyl sites for hydroxylation is 1. The second-order valence-corrected chi connectivity index (χ2v) is 3.78. The van der Waals surface area contributed by atoms with Crippen LogP contribution in [0.1, 0.15) is 35.0 Å². The van der Waals surface area contributed by atoms with E-state index in [1.54, 1.807) is 6.26 Å². The van der Waals surface area contributed by atoms with Gasteiger partial charge in [0.15, 0.2) is 5.78 Å². The van der Waals surface area contributed by atoms with Crippen LogP contribution in [0.25, 0.3) is 0 Å². The van der Waals surface area contributed by atoms with Crippen molar-refractivity contribution in [3.8, 4) is 0 Å². The Morgan fingerprint density at radius 3 is 2.93 bits per heavy atom. The first kappa shape index (κ1) is 9.96. The molecule has 1 aliphatic carbocycles. The van der Waals surface area contributed by atoms with E-state index in [0.717, 1.165) is 12.0 Å². The summed E-state index contributed by atoms with van der Waals surface area (Å²) in [7, 11) is 0. The summed E-state index contributed by atoms with van der Waals surface area (Å²) in [6.07, 6.45) is 2.72. The Balaban J connectivity index is 2.38. The van der Waals surface area contributed by atoms with Gasteiger partial charge in [-0.3, -0.25) is 9.59 Å². The fourth-order valence-electron chi connectivity index (χ4n) is 1.98. The third kappa shape index (κ3) is 1.56. The lowest BCUT2D eigenvalue weighted by Gasteiger charge is -2.16. The zero-order valence-electron chi connectivity index (χ0n) is 8.45. The number of carbonyl (C=O) groups is 2. The summed E-state index contributed by atoms with van der Waals surface area (Å²) >= 11 is 0. The van der Waals surface area contributed by atoms with Crippen molar-refractivity contribution in [2.24, 2.45) is 5.92 Å². The van der Waals surface area contributed by atoms with E-state index in [2.05, 4.69) is 0 Å². The molecular formula is C11H12O4. The van der Waals surface area contributed by atoms with Crippen LogP contribution in [0.15, 0.2) is 10.7 Å². The Hall–Kier alpha value is -1.58. The molecule has 15 heavy (non-hydrogen) atoms. The average Bonchev–Trinajstić information content (AvgIpc) is 2.60. The predicted octanol–water partition coefficient (Wildman–Crippen LogP) is 1.67. The monoisotopic (exact) mass is 208 g/mol. The first-order valence-corrected chi connectivity index (χ1v) is 4.98. The van der Waals surface area contributed by atoms with Gasteiger partial charge in [0.25, 0.3) is 0 Å². The van der Waals surface area contributed by atoms with Crippen LogP contribution in [0.5, 0.6) is 0 Å². The highest BCUT2D eigenvalue weighted by Crippen LogP contribution is 2.29. The molecule has 1 aromatic heterocycles. The molecule has 0 saturated heterocycles. The van der Waals surface area contributed by atoms with Crippen LogP contribution in [0.4, 0.5) is 0 Å². The largest absolute Gasteiger partial charge is 0.481 e. The van der Waals surface area contributed by atoms with Crippen molar-refractivity contribution in [2.45, 2.75) is 26.2 Å². The molecule has 4 nitrogen and oxygen atoms in total. The van der Waals surface area contributed by atoms with Crippen LogP contribution in [0.3, 0.4) is 0 Å². The number of carboxylic acids is 1. The molecule has 1 unspecified atom stereocenters. The molecule has 4 heteroatoms. The number of hydrogen-bond donors (Lipinski definition) is 1. The van der Waals surface area contributed by atoms with Crippen molar-refractivity contribution >= 4 is 11.8 Å². The van der Waals surface area contributed by atoms with Crippen molar-refractivity contribution in [3.63, 3.8) is 0 Å². The van der Waals surface area contributed by atoms with Gasteiger partial charge in [0.1, 0.15) is 5.76 Å². The van der Waals surface area contributed by atoms with E-state index in [4.69, 9.17) is 9.52 Å². The lowest BCUT2D eigenvalue weighted by molar-refractivity contribution is -0.141. The molecule has 0 fully saturated rings. The summed E-state index contributed by atoms with van der Waals surface area (Å²) in [5.74, 6) is -1.12. The molecular weight excluding hydrogens is 196 g/mol. The van der Waals surface area contributed by atoms with Crippen molar-refractivity contribution in [1.29, 1.82) is 0 Å². The number of hydrogen-bond acceptors (Lipinski definition) is 3. The van der Waals surface area contributed by atoms with E-state index in [0.29, 0.717) is 17.7 Å². The van der Waals surface area contributed by atoms with Gasteiger partial charge in [-0.2, -0.15) is 0 Å². The minimum atomic E-state index is -0.927. The highest BCUT2D eigenvalue weighted by molar-refractivity contribution is 6.01. The van der Waals surface area contributed by atoms with E-state index in [1.807, 2.05) is 6.92 Å². The summed E-state index contributed by atoms with van der Waals surface area (Å²) in [5.41, 5.74) is 1.51. The Kier molecular flexibility index (Phi) is 2.34. The van der Waals surface area contributed by atoms with Crippen molar-refractivity contribution in [1.82, 2.24) is 0 Å². The van der Waals surface area contributed by atoms with Gasteiger partial charge in [-0.05, 0) is 6.42 Å².